The van der Waals surface area contributed by atoms with E-state index in [0.29, 0.717) is 26.2 Å². The standard InChI is InChI=1S/C20H27N3O3/c1-3-10-21-19(25)23-12-9-20(15-23)8-5-11-22(18(20)24)14-16-6-4-7-17(13-16)26-2/h3-4,6-7,13H,1,5,8-12,14-15H2,2H3,(H,21,25)/t20-/m1/s1. The average molecular weight is 357 g/mol. The van der Waals surface area contributed by atoms with Crippen molar-refractivity contribution in [1.29, 1.82) is 0 Å². The van der Waals surface area contributed by atoms with Gasteiger partial charge in [0.1, 0.15) is 5.75 Å². The fourth-order valence-electron chi connectivity index (χ4n) is 3.99. The Kier molecular flexibility index (Phi) is 5.49. The average Bonchev–Trinajstić information content (AvgIpc) is 3.09. The number of hydrogen-bond acceptors (Lipinski definition) is 3. The number of urea groups is 1. The van der Waals surface area contributed by atoms with Gasteiger partial charge in [0.25, 0.3) is 0 Å². The summed E-state index contributed by atoms with van der Waals surface area (Å²) < 4.78 is 5.28. The largest absolute Gasteiger partial charge is 0.497 e. The Morgan fingerprint density at radius 2 is 2.23 bits per heavy atom. The number of nitrogens with one attached hydrogen (secondary N) is 1. The summed E-state index contributed by atoms with van der Waals surface area (Å²) in [6, 6.07) is 7.72. The van der Waals surface area contributed by atoms with E-state index in [1.54, 1.807) is 18.1 Å². The maximum Gasteiger partial charge on any atom is 0.317 e. The van der Waals surface area contributed by atoms with Crippen molar-refractivity contribution in [3.63, 3.8) is 0 Å². The molecule has 1 aromatic rings. The highest BCUT2D eigenvalue weighted by atomic mass is 16.5. The number of carbonyl (C=O) groups excluding carboxylic acids is 2. The summed E-state index contributed by atoms with van der Waals surface area (Å²) in [4.78, 5) is 29.1. The van der Waals surface area contributed by atoms with Crippen LogP contribution in [0.3, 0.4) is 0 Å². The first-order chi connectivity index (χ1) is 12.6. The molecule has 1 N–H and O–H groups in total. The summed E-state index contributed by atoms with van der Waals surface area (Å²) in [5.74, 6) is 0.971. The third kappa shape index (κ3) is 3.69. The third-order valence-electron chi connectivity index (χ3n) is 5.37. The van der Waals surface area contributed by atoms with E-state index < -0.39 is 5.41 Å². The summed E-state index contributed by atoms with van der Waals surface area (Å²) in [5.41, 5.74) is 0.635. The molecule has 2 saturated heterocycles. The molecule has 6 heteroatoms. The minimum Gasteiger partial charge on any atom is -0.497 e. The lowest BCUT2D eigenvalue weighted by Gasteiger charge is -2.39. The van der Waals surface area contributed by atoms with Crippen molar-refractivity contribution in [2.45, 2.75) is 25.8 Å². The van der Waals surface area contributed by atoms with Crippen LogP contribution in [0.15, 0.2) is 36.9 Å². The molecule has 1 aromatic carbocycles. The van der Waals surface area contributed by atoms with Gasteiger partial charge < -0.3 is 19.9 Å². The van der Waals surface area contributed by atoms with Crippen LogP contribution >= 0.6 is 0 Å². The number of nitrogens with zero attached hydrogens (tertiary/aromatic N) is 2. The highest BCUT2D eigenvalue weighted by Crippen LogP contribution is 2.40. The van der Waals surface area contributed by atoms with E-state index in [-0.39, 0.29) is 11.9 Å². The summed E-state index contributed by atoms with van der Waals surface area (Å²) >= 11 is 0. The molecule has 2 aliphatic rings. The Balaban J connectivity index is 1.67. The van der Waals surface area contributed by atoms with Crippen LogP contribution in [-0.4, -0.2) is 55.0 Å². The van der Waals surface area contributed by atoms with Crippen LogP contribution in [0.5, 0.6) is 5.75 Å². The van der Waals surface area contributed by atoms with Gasteiger partial charge >= 0.3 is 6.03 Å². The summed E-state index contributed by atoms with van der Waals surface area (Å²) in [5, 5.41) is 2.80. The summed E-state index contributed by atoms with van der Waals surface area (Å²) in [6.07, 6.45) is 4.22. The molecule has 3 rings (SSSR count). The fraction of sp³-hybridized carbons (Fsp3) is 0.500. The van der Waals surface area contributed by atoms with Crippen molar-refractivity contribution < 1.29 is 14.3 Å². The van der Waals surface area contributed by atoms with Crippen LogP contribution in [0.4, 0.5) is 4.79 Å². The Labute approximate surface area is 154 Å². The van der Waals surface area contributed by atoms with E-state index in [1.165, 1.54) is 0 Å². The molecule has 26 heavy (non-hydrogen) atoms. The van der Waals surface area contributed by atoms with E-state index in [4.69, 9.17) is 4.74 Å². The minimum absolute atomic E-state index is 0.112. The molecule has 2 fully saturated rings. The lowest BCUT2D eigenvalue weighted by molar-refractivity contribution is -0.146. The zero-order valence-electron chi connectivity index (χ0n) is 15.4. The predicted octanol–water partition coefficient (Wildman–Crippen LogP) is 2.41. The first-order valence-corrected chi connectivity index (χ1v) is 9.14. The third-order valence-corrected chi connectivity index (χ3v) is 5.37. The molecule has 3 amide bonds. The first kappa shape index (κ1) is 18.3. The highest BCUT2D eigenvalue weighted by molar-refractivity contribution is 5.85. The van der Waals surface area contributed by atoms with E-state index in [2.05, 4.69) is 11.9 Å². The van der Waals surface area contributed by atoms with Gasteiger partial charge in [0, 0.05) is 32.7 Å². The van der Waals surface area contributed by atoms with E-state index in [1.807, 2.05) is 29.2 Å². The fourth-order valence-corrected chi connectivity index (χ4v) is 3.99. The number of methoxy groups -OCH3 is 1. The van der Waals surface area contributed by atoms with Gasteiger partial charge in [0.2, 0.25) is 5.91 Å². The Hall–Kier alpha value is -2.50. The quantitative estimate of drug-likeness (QED) is 0.823. The molecule has 0 aromatic heterocycles. The van der Waals surface area contributed by atoms with Crippen molar-refractivity contribution in [3.05, 3.63) is 42.5 Å². The SMILES string of the molecule is C=CCNC(=O)N1CC[C@]2(CCCN(Cc3cccc(OC)c3)C2=O)C1. The second kappa shape index (κ2) is 7.81. The predicted molar refractivity (Wildman–Crippen MR) is 99.9 cm³/mol. The molecule has 140 valence electrons. The van der Waals surface area contributed by atoms with Crippen molar-refractivity contribution in [2.24, 2.45) is 5.41 Å². The van der Waals surface area contributed by atoms with Gasteiger partial charge in [-0.15, -0.1) is 6.58 Å². The van der Waals surface area contributed by atoms with E-state index in [0.717, 1.165) is 37.1 Å². The Morgan fingerprint density at radius 1 is 1.38 bits per heavy atom. The second-order valence-corrected chi connectivity index (χ2v) is 7.11. The second-order valence-electron chi connectivity index (χ2n) is 7.11. The van der Waals surface area contributed by atoms with Crippen molar-refractivity contribution >= 4 is 11.9 Å². The number of likely N-dealkylation sites (tertiary alicyclic amines) is 2. The molecule has 0 bridgehead atoms. The molecule has 1 spiro atoms. The van der Waals surface area contributed by atoms with Crippen LogP contribution in [0.2, 0.25) is 0 Å². The number of hydrogen-bond donors (Lipinski definition) is 1. The number of piperidine rings is 1. The van der Waals surface area contributed by atoms with Gasteiger partial charge in [-0.1, -0.05) is 18.2 Å². The van der Waals surface area contributed by atoms with E-state index >= 15 is 0 Å². The monoisotopic (exact) mass is 357 g/mol. The van der Waals surface area contributed by atoms with Gasteiger partial charge in [0.05, 0.1) is 12.5 Å². The molecule has 6 nitrogen and oxygen atoms in total. The zero-order valence-corrected chi connectivity index (χ0v) is 15.4. The Morgan fingerprint density at radius 3 is 3.00 bits per heavy atom. The van der Waals surface area contributed by atoms with Gasteiger partial charge in [-0.2, -0.15) is 0 Å². The topological polar surface area (TPSA) is 61.9 Å². The lowest BCUT2D eigenvalue weighted by atomic mass is 9.78. The number of benzene rings is 1. The van der Waals surface area contributed by atoms with Crippen LogP contribution in [0.1, 0.15) is 24.8 Å². The molecule has 0 saturated carbocycles. The van der Waals surface area contributed by atoms with Crippen LogP contribution < -0.4 is 10.1 Å². The van der Waals surface area contributed by atoms with Gasteiger partial charge in [-0.25, -0.2) is 4.79 Å². The normalized spacial score (nSPS) is 22.6. The van der Waals surface area contributed by atoms with Gasteiger partial charge in [0.15, 0.2) is 0 Å². The number of ether oxygens (including phenoxy) is 1. The molecule has 0 unspecified atom stereocenters. The smallest absolute Gasteiger partial charge is 0.317 e. The van der Waals surface area contributed by atoms with Crippen molar-refractivity contribution in [2.75, 3.05) is 33.3 Å². The van der Waals surface area contributed by atoms with Gasteiger partial charge in [-0.3, -0.25) is 4.79 Å². The number of amides is 3. The van der Waals surface area contributed by atoms with Gasteiger partial charge in [-0.05, 0) is 37.0 Å². The van der Waals surface area contributed by atoms with Crippen LogP contribution in [0.25, 0.3) is 0 Å². The molecule has 2 heterocycles. The minimum atomic E-state index is -0.428. The Bertz CT molecular complexity index is 691. The number of carbonyl (C=O) groups is 2. The molecule has 2 aliphatic heterocycles. The van der Waals surface area contributed by atoms with Crippen LogP contribution in [0, 0.1) is 5.41 Å². The molecular weight excluding hydrogens is 330 g/mol. The highest BCUT2D eigenvalue weighted by Gasteiger charge is 2.49. The molecule has 0 radical (unpaired) electrons. The number of rotatable bonds is 5. The maximum atomic E-state index is 13.2. The van der Waals surface area contributed by atoms with Crippen LogP contribution in [-0.2, 0) is 11.3 Å². The summed E-state index contributed by atoms with van der Waals surface area (Å²) in [6.45, 7) is 6.53. The summed E-state index contributed by atoms with van der Waals surface area (Å²) in [7, 11) is 1.64. The maximum absolute atomic E-state index is 13.2. The van der Waals surface area contributed by atoms with Crippen molar-refractivity contribution in [1.82, 2.24) is 15.1 Å². The lowest BCUT2D eigenvalue weighted by Crippen LogP contribution is -2.50. The molecule has 1 atom stereocenters. The first-order valence-electron chi connectivity index (χ1n) is 9.14. The molecule has 0 aliphatic carbocycles. The zero-order chi connectivity index (χ0) is 18.6. The van der Waals surface area contributed by atoms with E-state index in [9.17, 15) is 9.59 Å². The molecular formula is C20H27N3O3. The van der Waals surface area contributed by atoms with Crippen molar-refractivity contribution in [3.8, 4) is 5.75 Å².